The predicted molar refractivity (Wildman–Crippen MR) is 65.3 cm³/mol. The van der Waals surface area contributed by atoms with E-state index in [2.05, 4.69) is 29.1 Å². The first-order valence-electron chi connectivity index (χ1n) is 5.24. The molecule has 0 unspecified atom stereocenters. The monoisotopic (exact) mass is 235 g/mol. The van der Waals surface area contributed by atoms with Crippen LogP contribution in [0.2, 0.25) is 0 Å². The Morgan fingerprint density at radius 1 is 1.59 bits per heavy atom. The average molecular weight is 235 g/mol. The van der Waals surface area contributed by atoms with Gasteiger partial charge in [-0.25, -0.2) is 4.98 Å². The van der Waals surface area contributed by atoms with E-state index in [0.29, 0.717) is 19.1 Å². The highest BCUT2D eigenvalue weighted by Gasteiger charge is 2.17. The topological polar surface area (TPSA) is 96.8 Å². The number of aromatic nitrogens is 2. The maximum Gasteiger partial charge on any atom is 0.224 e. The molecule has 92 valence electrons. The molecule has 3 N–H and O–H groups in total. The van der Waals surface area contributed by atoms with Crippen molar-refractivity contribution in [1.82, 2.24) is 9.97 Å². The van der Waals surface area contributed by atoms with Crippen LogP contribution in [0.3, 0.4) is 0 Å². The fraction of sp³-hybridized carbons (Fsp3) is 0.545. The number of hydrogen-bond acceptors (Lipinski definition) is 6. The van der Waals surface area contributed by atoms with Gasteiger partial charge in [0.25, 0.3) is 0 Å². The first-order chi connectivity index (χ1) is 7.98. The fourth-order valence-electron chi connectivity index (χ4n) is 1.33. The Hall–Kier alpha value is -1.87. The van der Waals surface area contributed by atoms with Crippen LogP contribution < -0.4 is 11.1 Å². The minimum absolute atomic E-state index is 0.0270. The van der Waals surface area contributed by atoms with Crippen LogP contribution in [-0.2, 0) is 4.74 Å². The van der Waals surface area contributed by atoms with Gasteiger partial charge in [-0.3, -0.25) is 0 Å². The minimum Gasteiger partial charge on any atom is -0.384 e. The maximum atomic E-state index is 8.69. The van der Waals surface area contributed by atoms with Crippen LogP contribution in [0.1, 0.15) is 19.4 Å². The number of nitriles is 1. The lowest BCUT2D eigenvalue weighted by molar-refractivity contribution is 0.112. The van der Waals surface area contributed by atoms with E-state index in [1.807, 2.05) is 6.07 Å². The van der Waals surface area contributed by atoms with Gasteiger partial charge in [0.15, 0.2) is 0 Å². The van der Waals surface area contributed by atoms with E-state index in [1.165, 1.54) is 6.20 Å². The van der Waals surface area contributed by atoms with Gasteiger partial charge >= 0.3 is 0 Å². The molecule has 1 aromatic heterocycles. The van der Waals surface area contributed by atoms with Crippen LogP contribution in [0.4, 0.5) is 11.8 Å². The quantitative estimate of drug-likeness (QED) is 0.790. The largest absolute Gasteiger partial charge is 0.384 e. The third-order valence-electron chi connectivity index (χ3n) is 2.20. The zero-order valence-corrected chi connectivity index (χ0v) is 10.3. The highest BCUT2D eigenvalue weighted by Crippen LogP contribution is 2.16. The molecule has 6 nitrogen and oxygen atoms in total. The van der Waals surface area contributed by atoms with Crippen LogP contribution in [0.5, 0.6) is 0 Å². The van der Waals surface area contributed by atoms with Gasteiger partial charge in [0, 0.05) is 19.1 Å². The van der Waals surface area contributed by atoms with Crippen LogP contribution in [0, 0.1) is 16.7 Å². The lowest BCUT2D eigenvalue weighted by Crippen LogP contribution is -2.28. The van der Waals surface area contributed by atoms with Gasteiger partial charge < -0.3 is 15.8 Å². The first-order valence-corrected chi connectivity index (χ1v) is 5.24. The number of ether oxygens (including phenoxy) is 1. The molecule has 0 radical (unpaired) electrons. The molecule has 0 saturated heterocycles. The van der Waals surface area contributed by atoms with E-state index in [-0.39, 0.29) is 16.8 Å². The van der Waals surface area contributed by atoms with Gasteiger partial charge in [0.05, 0.1) is 12.8 Å². The summed E-state index contributed by atoms with van der Waals surface area (Å²) >= 11 is 0. The molecule has 0 aliphatic rings. The van der Waals surface area contributed by atoms with Crippen molar-refractivity contribution in [2.24, 2.45) is 5.41 Å². The van der Waals surface area contributed by atoms with Crippen molar-refractivity contribution in [2.75, 3.05) is 31.3 Å². The second-order valence-corrected chi connectivity index (χ2v) is 4.56. The maximum absolute atomic E-state index is 8.69. The van der Waals surface area contributed by atoms with Crippen molar-refractivity contribution in [2.45, 2.75) is 13.8 Å². The van der Waals surface area contributed by atoms with Crippen molar-refractivity contribution in [3.63, 3.8) is 0 Å². The van der Waals surface area contributed by atoms with Gasteiger partial charge in [0.1, 0.15) is 17.5 Å². The third-order valence-corrected chi connectivity index (χ3v) is 2.20. The second-order valence-electron chi connectivity index (χ2n) is 4.56. The Kier molecular flexibility index (Phi) is 4.24. The average Bonchev–Trinajstić information content (AvgIpc) is 2.27. The van der Waals surface area contributed by atoms with Gasteiger partial charge in [0.2, 0.25) is 5.95 Å². The molecule has 0 fully saturated rings. The standard InChI is InChI=1S/C11H17N5O/c1-11(2,7-17-3)6-15-10-14-5-8(4-12)9(13)16-10/h5H,6-7H2,1-3H3,(H3,13,14,15,16). The van der Waals surface area contributed by atoms with Crippen LogP contribution >= 0.6 is 0 Å². The molecule has 0 amide bonds. The zero-order chi connectivity index (χ0) is 12.9. The van der Waals surface area contributed by atoms with Gasteiger partial charge in [-0.1, -0.05) is 13.8 Å². The van der Waals surface area contributed by atoms with Gasteiger partial charge in [-0.05, 0) is 0 Å². The smallest absolute Gasteiger partial charge is 0.224 e. The van der Waals surface area contributed by atoms with E-state index in [1.54, 1.807) is 7.11 Å². The van der Waals surface area contributed by atoms with Crippen molar-refractivity contribution in [3.8, 4) is 6.07 Å². The molecule has 0 saturated carbocycles. The summed E-state index contributed by atoms with van der Waals surface area (Å²) in [6, 6.07) is 1.92. The molecule has 0 aromatic carbocycles. The molecule has 1 aromatic rings. The number of nitrogens with zero attached hydrogens (tertiary/aromatic N) is 3. The summed E-state index contributed by atoms with van der Waals surface area (Å²) in [5, 5.41) is 11.8. The highest BCUT2D eigenvalue weighted by atomic mass is 16.5. The van der Waals surface area contributed by atoms with E-state index in [0.717, 1.165) is 0 Å². The lowest BCUT2D eigenvalue weighted by Gasteiger charge is -2.23. The van der Waals surface area contributed by atoms with Crippen molar-refractivity contribution in [1.29, 1.82) is 5.26 Å². The van der Waals surface area contributed by atoms with E-state index < -0.39 is 0 Å². The number of rotatable bonds is 5. The molecule has 0 atom stereocenters. The summed E-state index contributed by atoms with van der Waals surface area (Å²) in [6.45, 7) is 5.42. The Morgan fingerprint density at radius 2 is 2.29 bits per heavy atom. The molecular formula is C11H17N5O. The molecule has 6 heteroatoms. The Bertz CT molecular complexity index is 424. The molecule has 1 rings (SSSR count). The summed E-state index contributed by atoms with van der Waals surface area (Å²) in [4.78, 5) is 8.01. The number of nitrogen functional groups attached to an aromatic ring is 1. The zero-order valence-electron chi connectivity index (χ0n) is 10.3. The Labute approximate surface area is 101 Å². The van der Waals surface area contributed by atoms with E-state index >= 15 is 0 Å². The molecule has 1 heterocycles. The van der Waals surface area contributed by atoms with Crippen molar-refractivity contribution in [3.05, 3.63) is 11.8 Å². The molecule has 0 spiro atoms. The summed E-state index contributed by atoms with van der Waals surface area (Å²) in [5.74, 6) is 0.611. The van der Waals surface area contributed by atoms with Crippen LogP contribution in [0.25, 0.3) is 0 Å². The first kappa shape index (κ1) is 13.2. The lowest BCUT2D eigenvalue weighted by atomic mass is 9.95. The molecule has 0 aliphatic carbocycles. The number of hydrogen-bond donors (Lipinski definition) is 2. The van der Waals surface area contributed by atoms with Gasteiger partial charge in [-0.15, -0.1) is 0 Å². The summed E-state index contributed by atoms with van der Waals surface area (Å²) in [7, 11) is 1.66. The van der Waals surface area contributed by atoms with Crippen LogP contribution in [0.15, 0.2) is 6.20 Å². The Morgan fingerprint density at radius 3 is 2.82 bits per heavy atom. The highest BCUT2D eigenvalue weighted by molar-refractivity contribution is 5.49. The molecule has 0 bridgehead atoms. The second kappa shape index (κ2) is 5.46. The summed E-state index contributed by atoms with van der Waals surface area (Å²) in [5.41, 5.74) is 5.85. The molecule has 17 heavy (non-hydrogen) atoms. The summed E-state index contributed by atoms with van der Waals surface area (Å²) in [6.07, 6.45) is 1.41. The normalized spacial score (nSPS) is 10.9. The number of methoxy groups -OCH3 is 1. The predicted octanol–water partition coefficient (Wildman–Crippen LogP) is 1.01. The molecular weight excluding hydrogens is 218 g/mol. The number of nitrogens with two attached hydrogens (primary N) is 1. The number of anilines is 2. The Balaban J connectivity index is 2.65. The third kappa shape index (κ3) is 3.89. The van der Waals surface area contributed by atoms with E-state index in [4.69, 9.17) is 15.7 Å². The minimum atomic E-state index is -0.0270. The SMILES string of the molecule is COCC(C)(C)CNc1ncc(C#N)c(N)n1. The van der Waals surface area contributed by atoms with Crippen molar-refractivity contribution < 1.29 is 4.74 Å². The molecule has 0 aliphatic heterocycles. The number of nitrogens with one attached hydrogen (secondary N) is 1. The summed E-state index contributed by atoms with van der Waals surface area (Å²) < 4.78 is 5.11. The van der Waals surface area contributed by atoms with Crippen LogP contribution in [-0.4, -0.2) is 30.2 Å². The van der Waals surface area contributed by atoms with E-state index in [9.17, 15) is 0 Å². The fourth-order valence-corrected chi connectivity index (χ4v) is 1.33. The van der Waals surface area contributed by atoms with Gasteiger partial charge in [-0.2, -0.15) is 10.2 Å². The van der Waals surface area contributed by atoms with Crippen molar-refractivity contribution >= 4 is 11.8 Å².